The zero-order valence-electron chi connectivity index (χ0n) is 7.53. The molecule has 67 valence electrons. The number of hydrogen-bond donors (Lipinski definition) is 1. The summed E-state index contributed by atoms with van der Waals surface area (Å²) in [5, 5.41) is 7.98. The summed E-state index contributed by atoms with van der Waals surface area (Å²) in [6, 6.07) is 9.23. The van der Waals surface area contributed by atoms with Gasteiger partial charge in [-0.05, 0) is 18.1 Å². The first-order chi connectivity index (χ1) is 6.45. The summed E-state index contributed by atoms with van der Waals surface area (Å²) in [5.41, 5.74) is 2.83. The molecule has 3 rings (SSSR count). The van der Waals surface area contributed by atoms with Crippen molar-refractivity contribution in [1.29, 1.82) is 0 Å². The predicted octanol–water partition coefficient (Wildman–Crippen LogP) is 1.57. The van der Waals surface area contributed by atoms with E-state index in [2.05, 4.69) is 34.9 Å². The van der Waals surface area contributed by atoms with Gasteiger partial charge < -0.3 is 5.32 Å². The quantitative estimate of drug-likeness (QED) is 0.633. The van der Waals surface area contributed by atoms with Crippen molar-refractivity contribution in [2.45, 2.75) is 18.4 Å². The maximum atomic E-state index is 4.44. The summed E-state index contributed by atoms with van der Waals surface area (Å²) in [5.74, 6) is 0.716. The van der Waals surface area contributed by atoms with Crippen LogP contribution in [0.1, 0.15) is 17.9 Å². The second kappa shape index (κ2) is 2.74. The molecule has 2 heterocycles. The fourth-order valence-electron chi connectivity index (χ4n) is 2.46. The Bertz CT molecular complexity index is 322. The largest absolute Gasteiger partial charge is 0.380 e. The molecule has 1 aromatic rings. The minimum Gasteiger partial charge on any atom is -0.380 e. The molecular formula is C11H13N2. The topological polar surface area (TPSA) is 26.1 Å². The number of benzene rings is 1. The molecule has 2 aliphatic heterocycles. The molecule has 0 amide bonds. The zero-order chi connectivity index (χ0) is 8.67. The maximum absolute atomic E-state index is 4.44. The molecular weight excluding hydrogens is 160 g/mol. The van der Waals surface area contributed by atoms with Crippen molar-refractivity contribution < 1.29 is 0 Å². The van der Waals surface area contributed by atoms with Crippen LogP contribution in [0.3, 0.4) is 0 Å². The standard InChI is InChI=1S/C11H13N2/c1-2-4-10-8(3-1)9-5-6-12-7-11(9)13-10/h1-4,9,11,13H,5-7H2. The highest BCUT2D eigenvalue weighted by Gasteiger charge is 2.33. The van der Waals surface area contributed by atoms with Gasteiger partial charge in [0.25, 0.3) is 0 Å². The molecule has 2 unspecified atom stereocenters. The molecule has 1 aromatic carbocycles. The van der Waals surface area contributed by atoms with Gasteiger partial charge >= 0.3 is 0 Å². The molecule has 2 atom stereocenters. The lowest BCUT2D eigenvalue weighted by molar-refractivity contribution is 0.433. The molecule has 0 spiro atoms. The van der Waals surface area contributed by atoms with Crippen molar-refractivity contribution in [3.63, 3.8) is 0 Å². The Morgan fingerprint density at radius 2 is 2.23 bits per heavy atom. The minimum atomic E-state index is 0.575. The number of nitrogens with one attached hydrogen (secondary N) is 1. The van der Waals surface area contributed by atoms with Gasteiger partial charge in [-0.2, -0.15) is 0 Å². The van der Waals surface area contributed by atoms with Crippen LogP contribution < -0.4 is 10.6 Å². The average Bonchev–Trinajstić information content (AvgIpc) is 2.56. The number of anilines is 1. The molecule has 2 aliphatic rings. The molecule has 0 aliphatic carbocycles. The summed E-state index contributed by atoms with van der Waals surface area (Å²) in [4.78, 5) is 0. The fourth-order valence-corrected chi connectivity index (χ4v) is 2.46. The lowest BCUT2D eigenvalue weighted by Crippen LogP contribution is -2.36. The molecule has 2 nitrogen and oxygen atoms in total. The van der Waals surface area contributed by atoms with Gasteiger partial charge in [0.05, 0.1) is 0 Å². The van der Waals surface area contributed by atoms with Gasteiger partial charge in [-0.1, -0.05) is 18.2 Å². The van der Waals surface area contributed by atoms with Gasteiger partial charge in [0.15, 0.2) is 0 Å². The Morgan fingerprint density at radius 1 is 1.31 bits per heavy atom. The Balaban J connectivity index is 2.01. The van der Waals surface area contributed by atoms with Crippen molar-refractivity contribution in [1.82, 2.24) is 5.32 Å². The van der Waals surface area contributed by atoms with Gasteiger partial charge in [-0.25, -0.2) is 5.32 Å². The molecule has 1 saturated heterocycles. The molecule has 0 aromatic heterocycles. The van der Waals surface area contributed by atoms with Gasteiger partial charge in [-0.15, -0.1) is 0 Å². The van der Waals surface area contributed by atoms with E-state index in [1.165, 1.54) is 17.7 Å². The van der Waals surface area contributed by atoms with Gasteiger partial charge in [0.1, 0.15) is 0 Å². The summed E-state index contributed by atoms with van der Waals surface area (Å²) < 4.78 is 0. The molecule has 0 saturated carbocycles. The first kappa shape index (κ1) is 7.39. The maximum Gasteiger partial charge on any atom is 0.0472 e. The Labute approximate surface area is 78.3 Å². The van der Waals surface area contributed by atoms with Crippen molar-refractivity contribution in [3.05, 3.63) is 29.8 Å². The van der Waals surface area contributed by atoms with Gasteiger partial charge in [0, 0.05) is 30.7 Å². The van der Waals surface area contributed by atoms with Crippen molar-refractivity contribution in [2.24, 2.45) is 0 Å². The third-order valence-electron chi connectivity index (χ3n) is 3.11. The Morgan fingerprint density at radius 3 is 3.23 bits per heavy atom. The Kier molecular flexibility index (Phi) is 1.56. The second-order valence-electron chi connectivity index (χ2n) is 3.86. The van der Waals surface area contributed by atoms with Crippen LogP contribution in [0, 0.1) is 0 Å². The van der Waals surface area contributed by atoms with E-state index in [0.717, 1.165) is 13.1 Å². The summed E-state index contributed by atoms with van der Waals surface area (Å²) in [7, 11) is 0. The lowest BCUT2D eigenvalue weighted by Gasteiger charge is -2.25. The van der Waals surface area contributed by atoms with Crippen molar-refractivity contribution in [2.75, 3.05) is 18.4 Å². The number of rotatable bonds is 0. The van der Waals surface area contributed by atoms with Crippen LogP contribution in [-0.2, 0) is 0 Å². The van der Waals surface area contributed by atoms with E-state index >= 15 is 0 Å². The third kappa shape index (κ3) is 1.05. The van der Waals surface area contributed by atoms with Crippen LogP contribution in [0.2, 0.25) is 0 Å². The van der Waals surface area contributed by atoms with E-state index in [4.69, 9.17) is 0 Å². The van der Waals surface area contributed by atoms with E-state index in [1.54, 1.807) is 0 Å². The highest BCUT2D eigenvalue weighted by atomic mass is 15.0. The van der Waals surface area contributed by atoms with Gasteiger partial charge in [0.2, 0.25) is 0 Å². The van der Waals surface area contributed by atoms with Gasteiger partial charge in [-0.3, -0.25) is 0 Å². The number of fused-ring (bicyclic) bond motifs is 3. The van der Waals surface area contributed by atoms with Crippen LogP contribution in [0.5, 0.6) is 0 Å². The van der Waals surface area contributed by atoms with E-state index in [9.17, 15) is 0 Å². The predicted molar refractivity (Wildman–Crippen MR) is 53.1 cm³/mol. The van der Waals surface area contributed by atoms with E-state index in [0.29, 0.717) is 12.0 Å². The molecule has 13 heavy (non-hydrogen) atoms. The number of hydrogen-bond acceptors (Lipinski definition) is 1. The van der Waals surface area contributed by atoms with Crippen LogP contribution >= 0.6 is 0 Å². The monoisotopic (exact) mass is 173 g/mol. The first-order valence-electron chi connectivity index (χ1n) is 4.94. The first-order valence-corrected chi connectivity index (χ1v) is 4.94. The molecule has 1 radical (unpaired) electrons. The van der Waals surface area contributed by atoms with E-state index in [1.807, 2.05) is 0 Å². The van der Waals surface area contributed by atoms with E-state index in [-0.39, 0.29) is 0 Å². The molecule has 1 N–H and O–H groups in total. The lowest BCUT2D eigenvalue weighted by atomic mass is 9.89. The van der Waals surface area contributed by atoms with Crippen LogP contribution in [-0.4, -0.2) is 19.1 Å². The number of para-hydroxylation sites is 1. The summed E-state index contributed by atoms with van der Waals surface area (Å²) in [6.45, 7) is 2.02. The highest BCUT2D eigenvalue weighted by Crippen LogP contribution is 2.38. The third-order valence-corrected chi connectivity index (χ3v) is 3.11. The SMILES string of the molecule is c1ccc2c(c1)NC1C[N]CCC21. The minimum absolute atomic E-state index is 0.575. The highest BCUT2D eigenvalue weighted by molar-refractivity contribution is 5.59. The van der Waals surface area contributed by atoms with Crippen LogP contribution in [0.25, 0.3) is 0 Å². The zero-order valence-corrected chi connectivity index (χ0v) is 7.53. The molecule has 1 fully saturated rings. The van der Waals surface area contributed by atoms with Crippen molar-refractivity contribution >= 4 is 5.69 Å². The second-order valence-corrected chi connectivity index (χ2v) is 3.86. The Hall–Kier alpha value is -1.02. The average molecular weight is 173 g/mol. The summed E-state index contributed by atoms with van der Waals surface area (Å²) in [6.07, 6.45) is 1.22. The van der Waals surface area contributed by atoms with Crippen LogP contribution in [0.4, 0.5) is 5.69 Å². The normalized spacial score (nSPS) is 30.5. The number of piperidine rings is 1. The van der Waals surface area contributed by atoms with Crippen molar-refractivity contribution in [3.8, 4) is 0 Å². The molecule has 2 heteroatoms. The molecule has 0 bridgehead atoms. The fraction of sp³-hybridized carbons (Fsp3) is 0.455. The van der Waals surface area contributed by atoms with Crippen LogP contribution in [0.15, 0.2) is 24.3 Å². The number of nitrogens with zero attached hydrogens (tertiary/aromatic N) is 1. The smallest absolute Gasteiger partial charge is 0.0472 e. The van der Waals surface area contributed by atoms with E-state index < -0.39 is 0 Å². The summed E-state index contributed by atoms with van der Waals surface area (Å²) >= 11 is 0.